The van der Waals surface area contributed by atoms with Crippen molar-refractivity contribution in [3.63, 3.8) is 0 Å². The Morgan fingerprint density at radius 3 is 2.77 bits per heavy atom. The molecule has 0 aliphatic carbocycles. The molecule has 0 fully saturated rings. The van der Waals surface area contributed by atoms with E-state index in [1.807, 2.05) is 0 Å². The van der Waals surface area contributed by atoms with Crippen LogP contribution in [0, 0.1) is 11.6 Å². The van der Waals surface area contributed by atoms with Crippen LogP contribution in [0.15, 0.2) is 12.1 Å². The Labute approximate surface area is 74.3 Å². The van der Waals surface area contributed by atoms with Crippen molar-refractivity contribution in [2.45, 2.75) is 12.5 Å². The van der Waals surface area contributed by atoms with Crippen molar-refractivity contribution >= 4 is 0 Å². The van der Waals surface area contributed by atoms with Gasteiger partial charge < -0.3 is 10.5 Å². The summed E-state index contributed by atoms with van der Waals surface area (Å²) in [6.45, 7) is 0.458. The first-order chi connectivity index (χ1) is 6.18. The molecule has 0 aromatic heterocycles. The highest BCUT2D eigenvalue weighted by atomic mass is 19.2. The van der Waals surface area contributed by atoms with Gasteiger partial charge in [0.15, 0.2) is 11.6 Å². The molecule has 13 heavy (non-hydrogen) atoms. The fraction of sp³-hybridized carbons (Fsp3) is 0.333. The first kappa shape index (κ1) is 8.44. The Morgan fingerprint density at radius 1 is 1.31 bits per heavy atom. The van der Waals surface area contributed by atoms with E-state index in [4.69, 9.17) is 10.5 Å². The van der Waals surface area contributed by atoms with E-state index in [0.717, 1.165) is 12.1 Å². The number of hydrogen-bond acceptors (Lipinski definition) is 2. The number of nitrogens with two attached hydrogens (primary N) is 1. The van der Waals surface area contributed by atoms with Crippen LogP contribution in [0.25, 0.3) is 0 Å². The molecule has 70 valence electrons. The minimum atomic E-state index is -0.896. The molecule has 1 atom stereocenters. The molecule has 1 heterocycles. The number of hydrogen-bond donors (Lipinski definition) is 1. The molecule has 1 aliphatic rings. The number of rotatable bonds is 0. The van der Waals surface area contributed by atoms with E-state index in [1.165, 1.54) is 0 Å². The Balaban J connectivity index is 2.52. The molecule has 2 rings (SSSR count). The van der Waals surface area contributed by atoms with Crippen LogP contribution in [0.5, 0.6) is 5.75 Å². The van der Waals surface area contributed by atoms with Crippen LogP contribution in [0.4, 0.5) is 8.78 Å². The number of fused-ring (bicyclic) bond motifs is 1. The van der Waals surface area contributed by atoms with Crippen molar-refractivity contribution < 1.29 is 13.5 Å². The van der Waals surface area contributed by atoms with Gasteiger partial charge >= 0.3 is 0 Å². The maximum Gasteiger partial charge on any atom is 0.162 e. The zero-order chi connectivity index (χ0) is 9.42. The Bertz CT molecular complexity index is 341. The summed E-state index contributed by atoms with van der Waals surface area (Å²) in [5.41, 5.74) is 6.24. The summed E-state index contributed by atoms with van der Waals surface area (Å²) in [6.07, 6.45) is 0.637. The van der Waals surface area contributed by atoms with E-state index in [0.29, 0.717) is 24.3 Å². The van der Waals surface area contributed by atoms with Gasteiger partial charge in [-0.05, 0) is 6.07 Å². The van der Waals surface area contributed by atoms with Crippen LogP contribution >= 0.6 is 0 Å². The standard InChI is InChI=1S/C9H9F2NO/c10-6-3-5-8(12)1-2-13-9(5)4-7(6)11/h3-4,8H,1-2,12H2/t8-/m0/s1. The van der Waals surface area contributed by atoms with Crippen molar-refractivity contribution in [2.24, 2.45) is 5.73 Å². The van der Waals surface area contributed by atoms with Crippen molar-refractivity contribution in [3.05, 3.63) is 29.3 Å². The molecule has 0 unspecified atom stereocenters. The van der Waals surface area contributed by atoms with Crippen molar-refractivity contribution in [2.75, 3.05) is 6.61 Å². The maximum absolute atomic E-state index is 12.8. The molecule has 0 bridgehead atoms. The van der Waals surface area contributed by atoms with E-state index in [1.54, 1.807) is 0 Å². The second-order valence-electron chi connectivity index (χ2n) is 3.05. The number of ether oxygens (including phenoxy) is 1. The summed E-state index contributed by atoms with van der Waals surface area (Å²) >= 11 is 0. The quantitative estimate of drug-likeness (QED) is 0.668. The second-order valence-corrected chi connectivity index (χ2v) is 3.05. The first-order valence-corrected chi connectivity index (χ1v) is 4.06. The van der Waals surface area contributed by atoms with Gasteiger partial charge in [0.05, 0.1) is 6.61 Å². The Morgan fingerprint density at radius 2 is 2.00 bits per heavy atom. The lowest BCUT2D eigenvalue weighted by molar-refractivity contribution is 0.265. The molecular formula is C9H9F2NO. The lowest BCUT2D eigenvalue weighted by Crippen LogP contribution is -2.21. The van der Waals surface area contributed by atoms with Crippen molar-refractivity contribution in [3.8, 4) is 5.75 Å². The third-order valence-corrected chi connectivity index (χ3v) is 2.14. The van der Waals surface area contributed by atoms with Gasteiger partial charge in [0.1, 0.15) is 5.75 Å². The summed E-state index contributed by atoms with van der Waals surface area (Å²) in [6, 6.07) is 1.90. The van der Waals surface area contributed by atoms with Gasteiger partial charge in [-0.3, -0.25) is 0 Å². The molecule has 0 spiro atoms. The van der Waals surface area contributed by atoms with Gasteiger partial charge in [0.2, 0.25) is 0 Å². The molecule has 0 saturated carbocycles. The fourth-order valence-electron chi connectivity index (χ4n) is 1.41. The van der Waals surface area contributed by atoms with Crippen LogP contribution in [0.3, 0.4) is 0 Å². The minimum absolute atomic E-state index is 0.251. The zero-order valence-corrected chi connectivity index (χ0v) is 6.89. The SMILES string of the molecule is N[C@H]1CCOc2cc(F)c(F)cc21. The molecule has 0 amide bonds. The smallest absolute Gasteiger partial charge is 0.162 e. The van der Waals surface area contributed by atoms with Gasteiger partial charge in [-0.25, -0.2) is 8.78 Å². The molecule has 1 aliphatic heterocycles. The summed E-state index contributed by atoms with van der Waals surface area (Å²) < 4.78 is 30.7. The molecule has 0 saturated heterocycles. The predicted octanol–water partition coefficient (Wildman–Crippen LogP) is 1.75. The Kier molecular flexibility index (Phi) is 1.92. The Hall–Kier alpha value is -1.16. The summed E-state index contributed by atoms with van der Waals surface area (Å²) in [5.74, 6) is -1.41. The number of halogens is 2. The molecule has 2 nitrogen and oxygen atoms in total. The molecule has 2 N–H and O–H groups in total. The van der Waals surface area contributed by atoms with E-state index < -0.39 is 11.6 Å². The monoisotopic (exact) mass is 185 g/mol. The second kappa shape index (κ2) is 2.96. The molecule has 0 radical (unpaired) electrons. The van der Waals surface area contributed by atoms with Gasteiger partial charge in [0, 0.05) is 24.1 Å². The highest BCUT2D eigenvalue weighted by molar-refractivity contribution is 5.38. The zero-order valence-electron chi connectivity index (χ0n) is 6.89. The van der Waals surface area contributed by atoms with E-state index in [9.17, 15) is 8.78 Å². The van der Waals surface area contributed by atoms with Crippen molar-refractivity contribution in [1.82, 2.24) is 0 Å². The third kappa shape index (κ3) is 1.37. The third-order valence-electron chi connectivity index (χ3n) is 2.14. The molecule has 1 aromatic rings. The van der Waals surface area contributed by atoms with Gasteiger partial charge in [-0.2, -0.15) is 0 Å². The molecule has 4 heteroatoms. The largest absolute Gasteiger partial charge is 0.493 e. The lowest BCUT2D eigenvalue weighted by Gasteiger charge is -2.22. The van der Waals surface area contributed by atoms with E-state index in [2.05, 4.69) is 0 Å². The first-order valence-electron chi connectivity index (χ1n) is 4.06. The normalized spacial score (nSPS) is 20.7. The van der Waals surface area contributed by atoms with E-state index in [-0.39, 0.29) is 6.04 Å². The highest BCUT2D eigenvalue weighted by Crippen LogP contribution is 2.31. The summed E-state index contributed by atoms with van der Waals surface area (Å²) in [4.78, 5) is 0. The van der Waals surface area contributed by atoms with Crippen LogP contribution in [0.1, 0.15) is 18.0 Å². The van der Waals surface area contributed by atoms with Crippen molar-refractivity contribution in [1.29, 1.82) is 0 Å². The highest BCUT2D eigenvalue weighted by Gasteiger charge is 2.20. The fourth-order valence-corrected chi connectivity index (χ4v) is 1.41. The average molecular weight is 185 g/mol. The summed E-state index contributed by atoms with van der Waals surface area (Å²) in [7, 11) is 0. The van der Waals surface area contributed by atoms with Gasteiger partial charge in [-0.15, -0.1) is 0 Å². The number of benzene rings is 1. The van der Waals surface area contributed by atoms with Gasteiger partial charge in [-0.1, -0.05) is 0 Å². The molecular weight excluding hydrogens is 176 g/mol. The van der Waals surface area contributed by atoms with Crippen LogP contribution in [0.2, 0.25) is 0 Å². The van der Waals surface area contributed by atoms with E-state index >= 15 is 0 Å². The van der Waals surface area contributed by atoms with Crippen LogP contribution in [-0.4, -0.2) is 6.61 Å². The summed E-state index contributed by atoms with van der Waals surface area (Å²) in [5, 5.41) is 0. The topological polar surface area (TPSA) is 35.2 Å². The average Bonchev–Trinajstić information content (AvgIpc) is 2.09. The van der Waals surface area contributed by atoms with Crippen LogP contribution in [-0.2, 0) is 0 Å². The molecule has 1 aromatic carbocycles. The lowest BCUT2D eigenvalue weighted by atomic mass is 10.0. The maximum atomic E-state index is 12.8. The van der Waals surface area contributed by atoms with Crippen LogP contribution < -0.4 is 10.5 Å². The minimum Gasteiger partial charge on any atom is -0.493 e. The van der Waals surface area contributed by atoms with Gasteiger partial charge in [0.25, 0.3) is 0 Å². The predicted molar refractivity (Wildman–Crippen MR) is 43.4 cm³/mol.